The van der Waals surface area contributed by atoms with Crippen molar-refractivity contribution in [3.63, 3.8) is 0 Å². The van der Waals surface area contributed by atoms with Crippen LogP contribution in [0.2, 0.25) is 0 Å². The van der Waals surface area contributed by atoms with Gasteiger partial charge >= 0.3 is 0 Å². The van der Waals surface area contributed by atoms with Crippen LogP contribution in [0.5, 0.6) is 0 Å². The molecule has 16 heavy (non-hydrogen) atoms. The molecule has 1 heterocycles. The summed E-state index contributed by atoms with van der Waals surface area (Å²) in [5, 5.41) is 0. The summed E-state index contributed by atoms with van der Waals surface area (Å²) in [4.78, 5) is 4.07. The van der Waals surface area contributed by atoms with Crippen molar-refractivity contribution in [3.05, 3.63) is 23.9 Å². The van der Waals surface area contributed by atoms with E-state index in [0.29, 0.717) is 11.7 Å². The van der Waals surface area contributed by atoms with Crippen molar-refractivity contribution in [1.82, 2.24) is 4.98 Å². The first-order valence-corrected chi connectivity index (χ1v) is 7.12. The molecule has 0 spiro atoms. The Labute approximate surface area is 101 Å². The Morgan fingerprint density at radius 2 is 2.19 bits per heavy atom. The van der Waals surface area contributed by atoms with Crippen LogP contribution in [0.25, 0.3) is 0 Å². The molecule has 0 aliphatic carbocycles. The molecular formula is C10H15ClN2O2S. The van der Waals surface area contributed by atoms with Crippen molar-refractivity contribution < 1.29 is 8.42 Å². The third-order valence-corrected chi connectivity index (χ3v) is 3.97. The van der Waals surface area contributed by atoms with E-state index >= 15 is 0 Å². The highest BCUT2D eigenvalue weighted by molar-refractivity contribution is 7.92. The minimum Gasteiger partial charge on any atom is -0.267 e. The van der Waals surface area contributed by atoms with Crippen LogP contribution in [0.1, 0.15) is 12.6 Å². The van der Waals surface area contributed by atoms with Crippen molar-refractivity contribution >= 4 is 27.4 Å². The highest BCUT2D eigenvalue weighted by atomic mass is 35.5. The molecule has 1 aromatic rings. The maximum Gasteiger partial charge on any atom is 0.234 e. The van der Waals surface area contributed by atoms with E-state index in [1.54, 1.807) is 32.0 Å². The molecule has 1 atom stereocenters. The maximum absolute atomic E-state index is 11.7. The summed E-state index contributed by atoms with van der Waals surface area (Å²) in [7, 11) is -3.36. The molecule has 1 N–H and O–H groups in total. The fourth-order valence-electron chi connectivity index (χ4n) is 1.22. The summed E-state index contributed by atoms with van der Waals surface area (Å²) in [5.74, 6) is 0.597. The number of halogens is 1. The Balaban J connectivity index is 2.73. The lowest BCUT2D eigenvalue weighted by Crippen LogP contribution is -2.22. The zero-order chi connectivity index (χ0) is 12.2. The van der Waals surface area contributed by atoms with Crippen LogP contribution in [0.15, 0.2) is 18.2 Å². The number of hydrogen-bond acceptors (Lipinski definition) is 3. The lowest BCUT2D eigenvalue weighted by Gasteiger charge is -2.10. The number of aryl methyl sites for hydroxylation is 1. The van der Waals surface area contributed by atoms with Crippen molar-refractivity contribution in [2.75, 3.05) is 16.4 Å². The van der Waals surface area contributed by atoms with Gasteiger partial charge in [-0.1, -0.05) is 13.0 Å². The summed E-state index contributed by atoms with van der Waals surface area (Å²) in [6.45, 7) is 3.59. The molecular weight excluding hydrogens is 248 g/mol. The topological polar surface area (TPSA) is 59.1 Å². The standard InChI is InChI=1S/C10H15ClN2O2S/c1-8(6-11)7-16(14,15)13-10-5-3-4-9(2)12-10/h3-5,8H,6-7H2,1-2H3,(H,12,13). The Bertz CT molecular complexity index is 448. The van der Waals surface area contributed by atoms with E-state index in [9.17, 15) is 8.42 Å². The van der Waals surface area contributed by atoms with E-state index in [1.807, 2.05) is 0 Å². The molecule has 1 unspecified atom stereocenters. The van der Waals surface area contributed by atoms with Gasteiger partial charge in [0.15, 0.2) is 0 Å². The van der Waals surface area contributed by atoms with Crippen molar-refractivity contribution in [1.29, 1.82) is 0 Å². The average molecular weight is 263 g/mol. The molecule has 0 fully saturated rings. The average Bonchev–Trinajstić information content (AvgIpc) is 2.15. The predicted octanol–water partition coefficient (Wildman–Crippen LogP) is 2.01. The number of nitrogens with zero attached hydrogens (tertiary/aromatic N) is 1. The molecule has 0 amide bonds. The number of alkyl halides is 1. The summed E-state index contributed by atoms with van der Waals surface area (Å²) < 4.78 is 25.8. The zero-order valence-electron chi connectivity index (χ0n) is 9.27. The second kappa shape index (κ2) is 5.50. The zero-order valence-corrected chi connectivity index (χ0v) is 10.8. The van der Waals surface area contributed by atoms with Crippen LogP contribution in [0.4, 0.5) is 5.82 Å². The highest BCUT2D eigenvalue weighted by Gasteiger charge is 2.15. The molecule has 1 rings (SSSR count). The number of pyridine rings is 1. The van der Waals surface area contributed by atoms with Crippen LogP contribution >= 0.6 is 11.6 Å². The van der Waals surface area contributed by atoms with Gasteiger partial charge in [0.25, 0.3) is 0 Å². The summed E-state index contributed by atoms with van der Waals surface area (Å²) >= 11 is 5.58. The van der Waals surface area contributed by atoms with E-state index in [4.69, 9.17) is 11.6 Å². The van der Waals surface area contributed by atoms with Crippen LogP contribution in [0.3, 0.4) is 0 Å². The van der Waals surface area contributed by atoms with Gasteiger partial charge in [0.2, 0.25) is 10.0 Å². The van der Waals surface area contributed by atoms with E-state index in [0.717, 1.165) is 5.69 Å². The summed E-state index contributed by atoms with van der Waals surface area (Å²) in [6.07, 6.45) is 0. The molecule has 6 heteroatoms. The third-order valence-electron chi connectivity index (χ3n) is 1.92. The fourth-order valence-corrected chi connectivity index (χ4v) is 2.84. The molecule has 4 nitrogen and oxygen atoms in total. The monoisotopic (exact) mass is 262 g/mol. The Morgan fingerprint density at radius 3 is 2.75 bits per heavy atom. The number of anilines is 1. The molecule has 0 bridgehead atoms. The molecule has 0 radical (unpaired) electrons. The van der Waals surface area contributed by atoms with Crippen molar-refractivity contribution in [2.45, 2.75) is 13.8 Å². The molecule has 0 aliphatic rings. The second-order valence-corrected chi connectivity index (χ2v) is 5.88. The molecule has 0 aliphatic heterocycles. The van der Waals surface area contributed by atoms with E-state index in [-0.39, 0.29) is 11.7 Å². The van der Waals surface area contributed by atoms with Gasteiger partial charge in [-0.05, 0) is 25.0 Å². The van der Waals surface area contributed by atoms with Gasteiger partial charge in [0, 0.05) is 11.6 Å². The lowest BCUT2D eigenvalue weighted by atomic mass is 10.3. The van der Waals surface area contributed by atoms with E-state index in [2.05, 4.69) is 9.71 Å². The predicted molar refractivity (Wildman–Crippen MR) is 66.3 cm³/mol. The van der Waals surface area contributed by atoms with Gasteiger partial charge < -0.3 is 0 Å². The summed E-state index contributed by atoms with van der Waals surface area (Å²) in [6, 6.07) is 5.18. The second-order valence-electron chi connectivity index (χ2n) is 3.81. The van der Waals surface area contributed by atoms with E-state index in [1.165, 1.54) is 0 Å². The Kier molecular flexibility index (Phi) is 4.56. The lowest BCUT2D eigenvalue weighted by molar-refractivity contribution is 0.588. The Hall–Kier alpha value is -0.810. The number of aromatic nitrogens is 1. The SMILES string of the molecule is Cc1cccc(NS(=O)(=O)CC(C)CCl)n1. The molecule has 0 saturated carbocycles. The van der Waals surface area contributed by atoms with Gasteiger partial charge in [0.05, 0.1) is 5.75 Å². The smallest absolute Gasteiger partial charge is 0.234 e. The van der Waals surface area contributed by atoms with Crippen LogP contribution in [0, 0.1) is 12.8 Å². The minimum absolute atomic E-state index is 0.00607. The first-order chi connectivity index (χ1) is 7.43. The number of hydrogen-bond donors (Lipinski definition) is 1. The van der Waals surface area contributed by atoms with Gasteiger partial charge in [-0.15, -0.1) is 11.6 Å². The first kappa shape index (κ1) is 13.3. The summed E-state index contributed by atoms with van der Waals surface area (Å²) in [5.41, 5.74) is 0.769. The molecule has 1 aromatic heterocycles. The first-order valence-electron chi connectivity index (χ1n) is 4.93. The van der Waals surface area contributed by atoms with Gasteiger partial charge in [-0.2, -0.15) is 0 Å². The van der Waals surface area contributed by atoms with Gasteiger partial charge in [-0.3, -0.25) is 4.72 Å². The van der Waals surface area contributed by atoms with Crippen LogP contribution in [-0.2, 0) is 10.0 Å². The highest BCUT2D eigenvalue weighted by Crippen LogP contribution is 2.09. The number of rotatable bonds is 5. The Morgan fingerprint density at radius 1 is 1.50 bits per heavy atom. The normalized spacial score (nSPS) is 13.4. The largest absolute Gasteiger partial charge is 0.267 e. The van der Waals surface area contributed by atoms with Crippen LogP contribution in [-0.4, -0.2) is 25.0 Å². The van der Waals surface area contributed by atoms with Gasteiger partial charge in [0.1, 0.15) is 5.82 Å². The van der Waals surface area contributed by atoms with Crippen molar-refractivity contribution in [3.8, 4) is 0 Å². The molecule has 0 aromatic carbocycles. The van der Waals surface area contributed by atoms with E-state index < -0.39 is 10.0 Å². The number of nitrogens with one attached hydrogen (secondary N) is 1. The third kappa shape index (κ3) is 4.37. The maximum atomic E-state index is 11.7. The fraction of sp³-hybridized carbons (Fsp3) is 0.500. The minimum atomic E-state index is -3.36. The van der Waals surface area contributed by atoms with Crippen LogP contribution < -0.4 is 4.72 Å². The van der Waals surface area contributed by atoms with Crippen molar-refractivity contribution in [2.24, 2.45) is 5.92 Å². The quantitative estimate of drug-likeness (QED) is 0.826. The number of sulfonamides is 1. The molecule has 0 saturated heterocycles. The van der Waals surface area contributed by atoms with Gasteiger partial charge in [-0.25, -0.2) is 13.4 Å². The molecule has 90 valence electrons.